The van der Waals surface area contributed by atoms with Crippen molar-refractivity contribution in [3.63, 3.8) is 0 Å². The summed E-state index contributed by atoms with van der Waals surface area (Å²) in [6.07, 6.45) is 5.97. The molecule has 3 rings (SSSR count). The lowest BCUT2D eigenvalue weighted by Crippen LogP contribution is -2.16. The highest BCUT2D eigenvalue weighted by molar-refractivity contribution is 6.09. The molecule has 0 spiro atoms. The van der Waals surface area contributed by atoms with Crippen molar-refractivity contribution in [3.05, 3.63) is 95.1 Å². The molecule has 2 aromatic carbocycles. The molecule has 120 valence electrons. The van der Waals surface area contributed by atoms with E-state index in [4.69, 9.17) is 0 Å². The van der Waals surface area contributed by atoms with E-state index in [0.29, 0.717) is 30.4 Å². The van der Waals surface area contributed by atoms with E-state index < -0.39 is 0 Å². The molecule has 0 bridgehead atoms. The molecule has 2 nitrogen and oxygen atoms in total. The molecule has 0 aliphatic heterocycles. The zero-order valence-electron chi connectivity index (χ0n) is 13.6. The Labute approximate surface area is 142 Å². The Balaban J connectivity index is 1.81. The van der Waals surface area contributed by atoms with Crippen molar-refractivity contribution < 1.29 is 9.59 Å². The number of rotatable bonds is 6. The predicted molar refractivity (Wildman–Crippen MR) is 95.7 cm³/mol. The van der Waals surface area contributed by atoms with Crippen molar-refractivity contribution in [2.75, 3.05) is 0 Å². The fourth-order valence-corrected chi connectivity index (χ4v) is 2.98. The number of carbonyl (C=O) groups is 2. The smallest absolute Gasteiger partial charge is 0.167 e. The average molecular weight is 316 g/mol. The summed E-state index contributed by atoms with van der Waals surface area (Å²) in [5, 5.41) is 0. The van der Waals surface area contributed by atoms with Gasteiger partial charge in [-0.05, 0) is 24.0 Å². The third-order valence-electron chi connectivity index (χ3n) is 4.22. The van der Waals surface area contributed by atoms with Crippen LogP contribution in [0.5, 0.6) is 0 Å². The third kappa shape index (κ3) is 3.96. The van der Waals surface area contributed by atoms with Crippen LogP contribution in [0.4, 0.5) is 0 Å². The third-order valence-corrected chi connectivity index (χ3v) is 4.22. The minimum absolute atomic E-state index is 0.0218. The van der Waals surface area contributed by atoms with Crippen molar-refractivity contribution >= 4 is 11.6 Å². The summed E-state index contributed by atoms with van der Waals surface area (Å²) in [5.41, 5.74) is 3.23. The minimum atomic E-state index is 0.0218. The molecule has 0 amide bonds. The topological polar surface area (TPSA) is 34.1 Å². The van der Waals surface area contributed by atoms with E-state index in [-0.39, 0.29) is 11.6 Å². The maximum Gasteiger partial charge on any atom is 0.167 e. The maximum atomic E-state index is 12.7. The number of hydrogen-bond acceptors (Lipinski definition) is 2. The van der Waals surface area contributed by atoms with Gasteiger partial charge in [0.05, 0.1) is 0 Å². The zero-order chi connectivity index (χ0) is 16.8. The van der Waals surface area contributed by atoms with Gasteiger partial charge in [-0.1, -0.05) is 72.8 Å². The van der Waals surface area contributed by atoms with Gasteiger partial charge in [-0.25, -0.2) is 0 Å². The summed E-state index contributed by atoms with van der Waals surface area (Å²) in [6, 6.07) is 19.4. The van der Waals surface area contributed by atoms with Crippen LogP contribution in [-0.2, 0) is 22.4 Å². The van der Waals surface area contributed by atoms with Crippen LogP contribution in [0.1, 0.15) is 24.0 Å². The summed E-state index contributed by atoms with van der Waals surface area (Å²) in [5.74, 6) is 0.0792. The van der Waals surface area contributed by atoms with Gasteiger partial charge >= 0.3 is 0 Å². The first kappa shape index (κ1) is 16.1. The number of carbonyl (C=O) groups excluding carboxylic acids is 2. The Kier molecular flexibility index (Phi) is 5.17. The second kappa shape index (κ2) is 7.69. The maximum absolute atomic E-state index is 12.7. The van der Waals surface area contributed by atoms with Crippen molar-refractivity contribution in [1.29, 1.82) is 0 Å². The van der Waals surface area contributed by atoms with Crippen molar-refractivity contribution in [2.45, 2.75) is 25.7 Å². The van der Waals surface area contributed by atoms with Crippen LogP contribution in [0.2, 0.25) is 0 Å². The first-order valence-electron chi connectivity index (χ1n) is 8.28. The van der Waals surface area contributed by atoms with Gasteiger partial charge in [-0.2, -0.15) is 0 Å². The lowest BCUT2D eigenvalue weighted by Gasteiger charge is -2.15. The largest absolute Gasteiger partial charge is 0.294 e. The standard InChI is InChI=1S/C22H20O2/c23-21(15-17-9-3-1-4-10-17)19-13-7-8-14-20(19)22(24)16-18-11-5-2-6-12-18/h1-7,9-13H,8,14-16H2. The zero-order valence-corrected chi connectivity index (χ0v) is 13.6. The normalized spacial score (nSPS) is 13.8. The van der Waals surface area contributed by atoms with Crippen LogP contribution in [0.3, 0.4) is 0 Å². The highest BCUT2D eigenvalue weighted by Gasteiger charge is 2.21. The first-order valence-corrected chi connectivity index (χ1v) is 8.28. The number of allylic oxidation sites excluding steroid dienone is 4. The number of hydrogen-bond donors (Lipinski definition) is 0. The summed E-state index contributed by atoms with van der Waals surface area (Å²) >= 11 is 0. The number of Topliss-reactive ketones (excluding diaryl/α,β-unsaturated/α-hetero) is 2. The molecule has 2 aromatic rings. The molecular weight excluding hydrogens is 296 g/mol. The summed E-state index contributed by atoms with van der Waals surface area (Å²) in [4.78, 5) is 25.4. The van der Waals surface area contributed by atoms with Crippen LogP contribution in [0, 0.1) is 0 Å². The van der Waals surface area contributed by atoms with Crippen LogP contribution in [-0.4, -0.2) is 11.6 Å². The Morgan fingerprint density at radius 2 is 1.29 bits per heavy atom. The SMILES string of the molecule is O=C(Cc1ccccc1)C1=C(C(=O)Cc2ccccc2)CCC=C1. The summed E-state index contributed by atoms with van der Waals surface area (Å²) < 4.78 is 0. The van der Waals surface area contributed by atoms with Gasteiger partial charge in [0, 0.05) is 24.0 Å². The van der Waals surface area contributed by atoms with Gasteiger partial charge in [0.2, 0.25) is 0 Å². The molecular formula is C22H20O2. The van der Waals surface area contributed by atoms with E-state index >= 15 is 0 Å². The monoisotopic (exact) mass is 316 g/mol. The number of ketones is 2. The van der Waals surface area contributed by atoms with Gasteiger partial charge < -0.3 is 0 Å². The van der Waals surface area contributed by atoms with Crippen molar-refractivity contribution in [1.82, 2.24) is 0 Å². The molecule has 0 N–H and O–H groups in total. The quantitative estimate of drug-likeness (QED) is 0.798. The first-order chi connectivity index (χ1) is 11.7. The molecule has 0 radical (unpaired) electrons. The summed E-state index contributed by atoms with van der Waals surface area (Å²) in [6.45, 7) is 0. The second-order valence-electron chi connectivity index (χ2n) is 6.00. The molecule has 2 heteroatoms. The predicted octanol–water partition coefficient (Wildman–Crippen LogP) is 4.26. The Morgan fingerprint density at radius 1 is 0.750 bits per heavy atom. The van der Waals surface area contributed by atoms with Crippen LogP contribution < -0.4 is 0 Å². The molecule has 1 aliphatic rings. The van der Waals surface area contributed by atoms with E-state index in [1.54, 1.807) is 0 Å². The Hall–Kier alpha value is -2.74. The fraction of sp³-hybridized carbons (Fsp3) is 0.182. The number of benzene rings is 2. The molecule has 0 atom stereocenters. The van der Waals surface area contributed by atoms with Gasteiger partial charge in [0.15, 0.2) is 11.6 Å². The molecule has 0 saturated carbocycles. The molecule has 1 aliphatic carbocycles. The molecule has 0 fully saturated rings. The highest BCUT2D eigenvalue weighted by Crippen LogP contribution is 2.23. The van der Waals surface area contributed by atoms with E-state index in [9.17, 15) is 9.59 Å². The van der Waals surface area contributed by atoms with Gasteiger partial charge in [-0.15, -0.1) is 0 Å². The van der Waals surface area contributed by atoms with E-state index in [1.807, 2.05) is 72.8 Å². The van der Waals surface area contributed by atoms with E-state index in [2.05, 4.69) is 0 Å². The van der Waals surface area contributed by atoms with E-state index in [1.165, 1.54) is 0 Å². The Bertz CT molecular complexity index is 783. The lowest BCUT2D eigenvalue weighted by atomic mass is 9.88. The van der Waals surface area contributed by atoms with Crippen LogP contribution in [0.15, 0.2) is 84.0 Å². The van der Waals surface area contributed by atoms with Crippen LogP contribution >= 0.6 is 0 Å². The minimum Gasteiger partial charge on any atom is -0.294 e. The van der Waals surface area contributed by atoms with Crippen LogP contribution in [0.25, 0.3) is 0 Å². The fourth-order valence-electron chi connectivity index (χ4n) is 2.98. The Morgan fingerprint density at radius 3 is 1.88 bits per heavy atom. The highest BCUT2D eigenvalue weighted by atomic mass is 16.1. The van der Waals surface area contributed by atoms with Gasteiger partial charge in [0.1, 0.15) is 0 Å². The molecule has 0 unspecified atom stereocenters. The van der Waals surface area contributed by atoms with Crippen molar-refractivity contribution in [3.8, 4) is 0 Å². The molecule has 0 aromatic heterocycles. The second-order valence-corrected chi connectivity index (χ2v) is 6.00. The van der Waals surface area contributed by atoms with Gasteiger partial charge in [0.25, 0.3) is 0 Å². The average Bonchev–Trinajstić information content (AvgIpc) is 2.63. The van der Waals surface area contributed by atoms with Crippen molar-refractivity contribution in [2.24, 2.45) is 0 Å². The molecule has 0 heterocycles. The summed E-state index contributed by atoms with van der Waals surface area (Å²) in [7, 11) is 0. The van der Waals surface area contributed by atoms with Gasteiger partial charge in [-0.3, -0.25) is 9.59 Å². The lowest BCUT2D eigenvalue weighted by molar-refractivity contribution is -0.117. The molecule has 24 heavy (non-hydrogen) atoms. The molecule has 0 saturated heterocycles. The van der Waals surface area contributed by atoms with E-state index in [0.717, 1.165) is 17.5 Å².